The third-order valence-electron chi connectivity index (χ3n) is 2.50. The Balaban J connectivity index is 2.52. The molecular formula is C11H21N3OS. The van der Waals surface area contributed by atoms with Crippen LogP contribution in [-0.4, -0.2) is 28.0 Å². The Hall–Kier alpha value is -0.680. The van der Waals surface area contributed by atoms with Gasteiger partial charge in [0, 0.05) is 19.6 Å². The Morgan fingerprint density at radius 1 is 1.38 bits per heavy atom. The van der Waals surface area contributed by atoms with E-state index in [9.17, 15) is 0 Å². The number of hydrogen-bond donors (Lipinski definition) is 1. The van der Waals surface area contributed by atoms with Crippen LogP contribution < -0.4 is 0 Å². The van der Waals surface area contributed by atoms with E-state index in [2.05, 4.69) is 17.1 Å². The molecule has 0 aliphatic rings. The fourth-order valence-corrected chi connectivity index (χ4v) is 1.85. The van der Waals surface area contributed by atoms with E-state index in [-0.39, 0.29) is 0 Å². The zero-order valence-corrected chi connectivity index (χ0v) is 11.0. The van der Waals surface area contributed by atoms with Gasteiger partial charge in [-0.2, -0.15) is 5.10 Å². The number of hydrogen-bond acceptors (Lipinski definition) is 3. The van der Waals surface area contributed by atoms with Crippen molar-refractivity contribution in [3.05, 3.63) is 10.6 Å². The molecule has 0 bridgehead atoms. The van der Waals surface area contributed by atoms with Crippen LogP contribution in [-0.2, 0) is 17.7 Å². The fraction of sp³-hybridized carbons (Fsp3) is 0.818. The molecule has 0 unspecified atom stereocenters. The third kappa shape index (κ3) is 4.06. The summed E-state index contributed by atoms with van der Waals surface area (Å²) in [5.41, 5.74) is 0. The van der Waals surface area contributed by atoms with E-state index in [1.165, 1.54) is 19.3 Å². The SMILES string of the molecule is CCCCCc1n[nH]c(=S)n1CCOCC. The normalized spacial score (nSPS) is 10.9. The molecule has 0 aliphatic carbocycles. The largest absolute Gasteiger partial charge is 0.380 e. The van der Waals surface area contributed by atoms with Crippen LogP contribution in [0.15, 0.2) is 0 Å². The number of nitrogens with one attached hydrogen (secondary N) is 1. The van der Waals surface area contributed by atoms with Crippen molar-refractivity contribution in [2.75, 3.05) is 13.2 Å². The van der Waals surface area contributed by atoms with Crippen LogP contribution in [0.1, 0.15) is 38.9 Å². The number of aromatic nitrogens is 3. The highest BCUT2D eigenvalue weighted by molar-refractivity contribution is 7.71. The van der Waals surface area contributed by atoms with E-state index < -0.39 is 0 Å². The first kappa shape index (κ1) is 13.4. The molecule has 0 radical (unpaired) electrons. The predicted octanol–water partition coefficient (Wildman–Crippen LogP) is 2.71. The Kier molecular flexibility index (Phi) is 6.33. The molecule has 0 fully saturated rings. The van der Waals surface area contributed by atoms with E-state index in [0.717, 1.165) is 25.4 Å². The Labute approximate surface area is 102 Å². The quantitative estimate of drug-likeness (QED) is 0.564. The van der Waals surface area contributed by atoms with Gasteiger partial charge >= 0.3 is 0 Å². The molecule has 1 heterocycles. The van der Waals surface area contributed by atoms with Crippen molar-refractivity contribution in [1.82, 2.24) is 14.8 Å². The number of nitrogens with zero attached hydrogens (tertiary/aromatic N) is 2. The van der Waals surface area contributed by atoms with Crippen molar-refractivity contribution in [2.45, 2.75) is 46.1 Å². The zero-order chi connectivity index (χ0) is 11.8. The number of unbranched alkanes of at least 4 members (excludes halogenated alkanes) is 2. The van der Waals surface area contributed by atoms with Crippen LogP contribution in [0, 0.1) is 4.77 Å². The molecule has 4 nitrogen and oxygen atoms in total. The zero-order valence-electron chi connectivity index (χ0n) is 10.2. The van der Waals surface area contributed by atoms with Crippen LogP contribution in [0.5, 0.6) is 0 Å². The summed E-state index contributed by atoms with van der Waals surface area (Å²) < 4.78 is 8.08. The second kappa shape index (κ2) is 7.57. The third-order valence-corrected chi connectivity index (χ3v) is 2.82. The second-order valence-corrected chi connectivity index (χ2v) is 4.14. The molecule has 16 heavy (non-hydrogen) atoms. The molecule has 92 valence electrons. The molecule has 0 spiro atoms. The van der Waals surface area contributed by atoms with Crippen molar-refractivity contribution >= 4 is 12.2 Å². The molecule has 0 saturated carbocycles. The van der Waals surface area contributed by atoms with Crippen molar-refractivity contribution < 1.29 is 4.74 Å². The molecule has 1 rings (SSSR count). The first-order valence-electron chi connectivity index (χ1n) is 6.01. The first-order chi connectivity index (χ1) is 7.79. The number of aromatic amines is 1. The summed E-state index contributed by atoms with van der Waals surface area (Å²) in [6.07, 6.45) is 4.63. The maximum Gasteiger partial charge on any atom is 0.195 e. The summed E-state index contributed by atoms with van der Waals surface area (Å²) in [5.74, 6) is 1.05. The minimum atomic E-state index is 0.700. The molecule has 1 aromatic heterocycles. The summed E-state index contributed by atoms with van der Waals surface area (Å²) in [5, 5.41) is 7.11. The Morgan fingerprint density at radius 2 is 2.19 bits per heavy atom. The summed E-state index contributed by atoms with van der Waals surface area (Å²) in [6.45, 7) is 6.44. The van der Waals surface area contributed by atoms with Crippen LogP contribution in [0.4, 0.5) is 0 Å². The van der Waals surface area contributed by atoms with Gasteiger partial charge in [-0.25, -0.2) is 0 Å². The maximum atomic E-state index is 5.33. The molecule has 0 aliphatic heterocycles. The topological polar surface area (TPSA) is 42.8 Å². The van der Waals surface area contributed by atoms with E-state index in [0.29, 0.717) is 11.4 Å². The lowest BCUT2D eigenvalue weighted by molar-refractivity contribution is 0.138. The average molecular weight is 243 g/mol. The predicted molar refractivity (Wildman–Crippen MR) is 67.1 cm³/mol. The van der Waals surface area contributed by atoms with Gasteiger partial charge in [-0.05, 0) is 25.6 Å². The number of ether oxygens (including phenoxy) is 1. The minimum absolute atomic E-state index is 0.700. The van der Waals surface area contributed by atoms with E-state index in [1.54, 1.807) is 0 Å². The minimum Gasteiger partial charge on any atom is -0.380 e. The first-order valence-corrected chi connectivity index (χ1v) is 6.42. The Bertz CT molecular complexity index is 345. The van der Waals surface area contributed by atoms with Crippen LogP contribution in [0.3, 0.4) is 0 Å². The fourth-order valence-electron chi connectivity index (χ4n) is 1.61. The van der Waals surface area contributed by atoms with Crippen molar-refractivity contribution in [3.63, 3.8) is 0 Å². The van der Waals surface area contributed by atoms with Crippen LogP contribution in [0.2, 0.25) is 0 Å². The molecule has 1 N–H and O–H groups in total. The van der Waals surface area contributed by atoms with Gasteiger partial charge in [0.15, 0.2) is 4.77 Å². The summed E-state index contributed by atoms with van der Waals surface area (Å²) in [4.78, 5) is 0. The molecule has 0 saturated heterocycles. The molecular weight excluding hydrogens is 222 g/mol. The van der Waals surface area contributed by atoms with E-state index >= 15 is 0 Å². The lowest BCUT2D eigenvalue weighted by Gasteiger charge is -2.06. The number of H-pyrrole nitrogens is 1. The molecule has 0 aromatic carbocycles. The highest BCUT2D eigenvalue weighted by atomic mass is 32.1. The van der Waals surface area contributed by atoms with E-state index in [4.69, 9.17) is 17.0 Å². The monoisotopic (exact) mass is 243 g/mol. The number of aryl methyl sites for hydroxylation is 1. The molecule has 1 aromatic rings. The summed E-state index contributed by atoms with van der Waals surface area (Å²) in [7, 11) is 0. The maximum absolute atomic E-state index is 5.33. The smallest absolute Gasteiger partial charge is 0.195 e. The molecule has 0 atom stereocenters. The van der Waals surface area contributed by atoms with Gasteiger partial charge in [-0.3, -0.25) is 5.10 Å². The van der Waals surface area contributed by atoms with Gasteiger partial charge in [0.2, 0.25) is 0 Å². The van der Waals surface area contributed by atoms with Crippen LogP contribution in [0.25, 0.3) is 0 Å². The molecule has 5 heteroatoms. The van der Waals surface area contributed by atoms with Crippen molar-refractivity contribution in [1.29, 1.82) is 0 Å². The lowest BCUT2D eigenvalue weighted by atomic mass is 10.2. The highest BCUT2D eigenvalue weighted by Crippen LogP contribution is 2.05. The highest BCUT2D eigenvalue weighted by Gasteiger charge is 2.05. The number of rotatable bonds is 8. The van der Waals surface area contributed by atoms with Gasteiger partial charge < -0.3 is 9.30 Å². The van der Waals surface area contributed by atoms with Crippen LogP contribution >= 0.6 is 12.2 Å². The van der Waals surface area contributed by atoms with Gasteiger partial charge in [-0.15, -0.1) is 0 Å². The van der Waals surface area contributed by atoms with Crippen molar-refractivity contribution in [3.8, 4) is 0 Å². The summed E-state index contributed by atoms with van der Waals surface area (Å²) in [6, 6.07) is 0. The van der Waals surface area contributed by atoms with Gasteiger partial charge in [0.25, 0.3) is 0 Å². The molecule has 0 amide bonds. The van der Waals surface area contributed by atoms with Gasteiger partial charge in [-0.1, -0.05) is 19.8 Å². The lowest BCUT2D eigenvalue weighted by Crippen LogP contribution is -2.09. The standard InChI is InChI=1S/C11H21N3OS/c1-3-5-6-7-10-12-13-11(16)14(10)8-9-15-4-2/h3-9H2,1-2H3,(H,13,16). The van der Waals surface area contributed by atoms with Crippen molar-refractivity contribution in [2.24, 2.45) is 0 Å². The summed E-state index contributed by atoms with van der Waals surface area (Å²) >= 11 is 5.19. The average Bonchev–Trinajstić information content (AvgIpc) is 2.62. The van der Waals surface area contributed by atoms with Gasteiger partial charge in [0.1, 0.15) is 5.82 Å². The van der Waals surface area contributed by atoms with Gasteiger partial charge in [0.05, 0.1) is 6.61 Å². The Morgan fingerprint density at radius 3 is 2.88 bits per heavy atom. The second-order valence-electron chi connectivity index (χ2n) is 3.75. The van der Waals surface area contributed by atoms with E-state index in [1.807, 2.05) is 11.5 Å².